The zero-order valence-corrected chi connectivity index (χ0v) is 11.8. The van der Waals surface area contributed by atoms with Gasteiger partial charge in [-0.2, -0.15) is 8.78 Å². The first kappa shape index (κ1) is 14.7. The van der Waals surface area contributed by atoms with Gasteiger partial charge in [-0.25, -0.2) is 0 Å². The summed E-state index contributed by atoms with van der Waals surface area (Å²) in [6, 6.07) is 0. The summed E-state index contributed by atoms with van der Waals surface area (Å²) in [6.45, 7) is -1.43. The normalized spacial score (nSPS) is 37.5. The molecule has 0 unspecified atom stereocenters. The summed E-state index contributed by atoms with van der Waals surface area (Å²) >= 11 is 0. The second-order valence-corrected chi connectivity index (χ2v) is 7.25. The molecule has 0 atom stereocenters. The number of carbonyl (C=O) groups is 2. The van der Waals surface area contributed by atoms with Gasteiger partial charge in [0.15, 0.2) is 6.61 Å². The van der Waals surface area contributed by atoms with Gasteiger partial charge in [-0.3, -0.25) is 4.79 Å². The van der Waals surface area contributed by atoms with Gasteiger partial charge < -0.3 is 14.6 Å². The average Bonchev–Trinajstić information content (AvgIpc) is 2.34. The van der Waals surface area contributed by atoms with Crippen molar-refractivity contribution in [2.45, 2.75) is 50.9 Å². The lowest BCUT2D eigenvalue weighted by Gasteiger charge is -2.56. The number of carboxylic acid groups (broad SMARTS) is 1. The van der Waals surface area contributed by atoms with Gasteiger partial charge in [-0.1, -0.05) is 0 Å². The van der Waals surface area contributed by atoms with Crippen molar-refractivity contribution in [3.63, 3.8) is 0 Å². The van der Waals surface area contributed by atoms with Gasteiger partial charge in [0.25, 0.3) is 0 Å². The van der Waals surface area contributed by atoms with Crippen LogP contribution >= 0.6 is 0 Å². The van der Waals surface area contributed by atoms with Crippen LogP contribution in [0.2, 0.25) is 0 Å². The zero-order valence-electron chi connectivity index (χ0n) is 11.8. The van der Waals surface area contributed by atoms with Gasteiger partial charge >= 0.3 is 11.9 Å². The zero-order chi connectivity index (χ0) is 15.3. The number of carbonyl (C=O) groups excluding carboxylic acids is 2. The Labute approximate surface area is 121 Å². The second-order valence-electron chi connectivity index (χ2n) is 7.25. The van der Waals surface area contributed by atoms with E-state index in [9.17, 15) is 23.5 Å². The molecule has 0 N–H and O–H groups in total. The summed E-state index contributed by atoms with van der Waals surface area (Å²) in [5.41, 5.74) is -0.0947. The molecule has 4 aliphatic carbocycles. The van der Waals surface area contributed by atoms with Crippen molar-refractivity contribution in [3.05, 3.63) is 0 Å². The summed E-state index contributed by atoms with van der Waals surface area (Å²) in [5.74, 6) is -5.35. The fraction of sp³-hybridized carbons (Fsp3) is 0.867. The molecule has 0 aromatic rings. The molecule has 21 heavy (non-hydrogen) atoms. The van der Waals surface area contributed by atoms with Gasteiger partial charge in [-0.15, -0.1) is 0 Å². The lowest BCUT2D eigenvalue weighted by Crippen LogP contribution is -2.48. The van der Waals surface area contributed by atoms with Gasteiger partial charge in [0.05, 0.1) is 6.42 Å². The van der Waals surface area contributed by atoms with Gasteiger partial charge in [0.1, 0.15) is 5.97 Å². The van der Waals surface area contributed by atoms with E-state index in [4.69, 9.17) is 0 Å². The molecule has 4 bridgehead atoms. The van der Waals surface area contributed by atoms with Crippen molar-refractivity contribution in [1.82, 2.24) is 0 Å². The van der Waals surface area contributed by atoms with Crippen LogP contribution in [0.25, 0.3) is 0 Å². The molecule has 0 aromatic heterocycles. The maximum absolute atomic E-state index is 12.9. The number of aliphatic carboxylic acids is 1. The van der Waals surface area contributed by atoms with Gasteiger partial charge in [0, 0.05) is 0 Å². The number of halogens is 2. The Morgan fingerprint density at radius 2 is 1.57 bits per heavy atom. The fourth-order valence-electron chi connectivity index (χ4n) is 5.09. The molecule has 0 aliphatic heterocycles. The minimum Gasteiger partial charge on any atom is -0.544 e. The molecule has 0 saturated heterocycles. The quantitative estimate of drug-likeness (QED) is 0.722. The first-order valence-corrected chi connectivity index (χ1v) is 7.53. The molecule has 4 fully saturated rings. The Morgan fingerprint density at radius 1 is 1.10 bits per heavy atom. The number of carboxylic acids is 1. The Bertz CT molecular complexity index is 425. The van der Waals surface area contributed by atoms with Crippen molar-refractivity contribution < 1.29 is 28.2 Å². The van der Waals surface area contributed by atoms with Gasteiger partial charge in [0.2, 0.25) is 0 Å². The van der Waals surface area contributed by atoms with Crippen molar-refractivity contribution in [3.8, 4) is 0 Å². The SMILES string of the molecule is O=C(CC12CC3CC(CC(C3)C1)C2)OCC(F)(F)C(=O)[O-]. The smallest absolute Gasteiger partial charge is 0.320 e. The summed E-state index contributed by atoms with van der Waals surface area (Å²) in [5, 5.41) is 10.2. The molecule has 0 amide bonds. The largest absolute Gasteiger partial charge is 0.544 e. The molecule has 0 heterocycles. The van der Waals surface area contributed by atoms with Crippen LogP contribution in [0.4, 0.5) is 8.78 Å². The van der Waals surface area contributed by atoms with E-state index in [0.717, 1.165) is 19.3 Å². The highest BCUT2D eigenvalue weighted by molar-refractivity contribution is 5.75. The van der Waals surface area contributed by atoms with Gasteiger partial charge in [-0.05, 0) is 61.7 Å². The van der Waals surface area contributed by atoms with E-state index in [1.807, 2.05) is 0 Å². The highest BCUT2D eigenvalue weighted by Gasteiger charge is 2.51. The number of alkyl halides is 2. The molecule has 0 aromatic carbocycles. The van der Waals surface area contributed by atoms with E-state index in [1.54, 1.807) is 0 Å². The average molecular weight is 301 g/mol. The Balaban J connectivity index is 1.57. The highest BCUT2D eigenvalue weighted by Crippen LogP contribution is 2.61. The molecule has 4 rings (SSSR count). The van der Waals surface area contributed by atoms with Crippen LogP contribution in [0.1, 0.15) is 44.9 Å². The van der Waals surface area contributed by atoms with Crippen LogP contribution in [-0.4, -0.2) is 24.5 Å². The van der Waals surface area contributed by atoms with Crippen LogP contribution in [0, 0.1) is 23.2 Å². The summed E-state index contributed by atoms with van der Waals surface area (Å²) < 4.78 is 30.2. The summed E-state index contributed by atoms with van der Waals surface area (Å²) in [7, 11) is 0. The number of rotatable bonds is 5. The first-order valence-electron chi connectivity index (χ1n) is 7.53. The predicted molar refractivity (Wildman–Crippen MR) is 66.1 cm³/mol. The molecule has 4 saturated carbocycles. The molecule has 4 nitrogen and oxygen atoms in total. The molecule has 118 valence electrons. The Kier molecular flexibility index (Phi) is 3.45. The fourth-order valence-corrected chi connectivity index (χ4v) is 5.09. The molecule has 0 radical (unpaired) electrons. The molecule has 4 aliphatic rings. The van der Waals surface area contributed by atoms with Crippen LogP contribution in [0.15, 0.2) is 0 Å². The number of hydrogen-bond acceptors (Lipinski definition) is 4. The van der Waals surface area contributed by atoms with Crippen LogP contribution < -0.4 is 5.11 Å². The van der Waals surface area contributed by atoms with Crippen LogP contribution in [-0.2, 0) is 14.3 Å². The minimum atomic E-state index is -4.11. The number of ether oxygens (including phenoxy) is 1. The monoisotopic (exact) mass is 301 g/mol. The Hall–Kier alpha value is -1.20. The maximum atomic E-state index is 12.9. The lowest BCUT2D eigenvalue weighted by atomic mass is 9.49. The van der Waals surface area contributed by atoms with Crippen molar-refractivity contribution in [2.24, 2.45) is 23.2 Å². The standard InChI is InChI=1S/C15H20F2O4/c16-15(17,13(19)20)8-21-12(18)7-14-4-9-1-10(5-14)3-11(2-9)6-14/h9-11H,1-8H2,(H,19,20)/p-1. The third kappa shape index (κ3) is 2.90. The Morgan fingerprint density at radius 3 is 2.00 bits per heavy atom. The third-order valence-electron chi connectivity index (χ3n) is 5.40. The first-order chi connectivity index (χ1) is 9.78. The highest BCUT2D eigenvalue weighted by atomic mass is 19.3. The van der Waals surface area contributed by atoms with E-state index in [-0.39, 0.29) is 11.8 Å². The second kappa shape index (κ2) is 4.92. The maximum Gasteiger partial charge on any atom is 0.320 e. The van der Waals surface area contributed by atoms with E-state index < -0.39 is 24.5 Å². The number of esters is 1. The van der Waals surface area contributed by atoms with Crippen molar-refractivity contribution in [1.29, 1.82) is 0 Å². The van der Waals surface area contributed by atoms with Crippen LogP contribution in [0.3, 0.4) is 0 Å². The predicted octanol–water partition coefficient (Wildman–Crippen LogP) is 1.52. The molecular weight excluding hydrogens is 282 g/mol. The van der Waals surface area contributed by atoms with Crippen molar-refractivity contribution in [2.75, 3.05) is 6.61 Å². The van der Waals surface area contributed by atoms with E-state index in [2.05, 4.69) is 4.74 Å². The van der Waals surface area contributed by atoms with Crippen LogP contribution in [0.5, 0.6) is 0 Å². The lowest BCUT2D eigenvalue weighted by molar-refractivity contribution is -0.331. The third-order valence-corrected chi connectivity index (χ3v) is 5.40. The van der Waals surface area contributed by atoms with Crippen molar-refractivity contribution >= 4 is 11.9 Å². The summed E-state index contributed by atoms with van der Waals surface area (Å²) in [6.07, 6.45) is 6.77. The topological polar surface area (TPSA) is 66.4 Å². The molecular formula is C15H19F2O4-. The number of hydrogen-bond donors (Lipinski definition) is 0. The van der Waals surface area contributed by atoms with E-state index in [0.29, 0.717) is 17.8 Å². The van der Waals surface area contributed by atoms with E-state index in [1.165, 1.54) is 19.3 Å². The van der Waals surface area contributed by atoms with E-state index >= 15 is 0 Å². The molecule has 6 heteroatoms. The minimum absolute atomic E-state index is 0.0947. The molecule has 0 spiro atoms. The summed E-state index contributed by atoms with van der Waals surface area (Å²) in [4.78, 5) is 22.0.